The lowest BCUT2D eigenvalue weighted by atomic mass is 10.2. The van der Waals surface area contributed by atoms with Crippen LogP contribution in [0.2, 0.25) is 0 Å². The van der Waals surface area contributed by atoms with Crippen LogP contribution in [0.25, 0.3) is 6.08 Å². The van der Waals surface area contributed by atoms with Crippen LogP contribution >= 0.6 is 0 Å². The monoisotopic (exact) mass is 417 g/mol. The lowest BCUT2D eigenvalue weighted by Gasteiger charge is -2.22. The average molecular weight is 418 g/mol. The van der Waals surface area contributed by atoms with Crippen molar-refractivity contribution in [1.29, 1.82) is 0 Å². The number of nitro benzene ring substituents is 1. The fourth-order valence-electron chi connectivity index (χ4n) is 3.32. The minimum absolute atomic E-state index is 0.0345. The van der Waals surface area contributed by atoms with Crippen LogP contribution < -0.4 is 0 Å². The van der Waals surface area contributed by atoms with E-state index in [2.05, 4.69) is 29.7 Å². The number of nitro groups is 1. The predicted molar refractivity (Wildman–Crippen MR) is 122 cm³/mol. The lowest BCUT2D eigenvalue weighted by Crippen LogP contribution is -2.31. The zero-order chi connectivity index (χ0) is 22.1. The van der Waals surface area contributed by atoms with Gasteiger partial charge in [0.05, 0.1) is 11.5 Å². The van der Waals surface area contributed by atoms with Crippen LogP contribution in [0.15, 0.2) is 79.0 Å². The summed E-state index contributed by atoms with van der Waals surface area (Å²) in [6.45, 7) is 4.07. The number of carbonyl (C=O) groups is 1. The first-order chi connectivity index (χ1) is 15.1. The molecule has 31 heavy (non-hydrogen) atoms. The van der Waals surface area contributed by atoms with E-state index < -0.39 is 4.92 Å². The Bertz CT molecular complexity index is 1020. The molecule has 0 unspecified atom stereocenters. The highest BCUT2D eigenvalue weighted by molar-refractivity contribution is 5.91. The number of benzene rings is 2. The van der Waals surface area contributed by atoms with Gasteiger partial charge in [-0.1, -0.05) is 43.7 Å². The fourth-order valence-corrected chi connectivity index (χ4v) is 3.32. The summed E-state index contributed by atoms with van der Waals surface area (Å²) in [4.78, 5) is 25.1. The summed E-state index contributed by atoms with van der Waals surface area (Å²) in [7, 11) is 0. The number of hydrogen-bond donors (Lipinski definition) is 0. The molecule has 0 aliphatic rings. The number of unbranched alkanes of at least 4 members (excludes halogenated alkanes) is 1. The van der Waals surface area contributed by atoms with E-state index in [9.17, 15) is 14.9 Å². The molecule has 0 N–H and O–H groups in total. The van der Waals surface area contributed by atoms with Crippen molar-refractivity contribution in [2.75, 3.05) is 6.54 Å². The molecule has 6 nitrogen and oxygen atoms in total. The maximum absolute atomic E-state index is 12.9. The van der Waals surface area contributed by atoms with Crippen LogP contribution in [0.1, 0.15) is 36.6 Å². The predicted octanol–water partition coefficient (Wildman–Crippen LogP) is 5.29. The molecule has 0 aliphatic carbocycles. The third kappa shape index (κ3) is 6.40. The molecule has 0 radical (unpaired) electrons. The highest BCUT2D eigenvalue weighted by Crippen LogP contribution is 2.15. The van der Waals surface area contributed by atoms with Gasteiger partial charge in [0.1, 0.15) is 0 Å². The molecule has 0 saturated carbocycles. The summed E-state index contributed by atoms with van der Waals surface area (Å²) in [5.41, 5.74) is 3.08. The smallest absolute Gasteiger partial charge is 0.269 e. The maximum Gasteiger partial charge on any atom is 0.269 e. The molecular formula is C25H27N3O3. The van der Waals surface area contributed by atoms with Gasteiger partial charge in [0.15, 0.2) is 0 Å². The van der Waals surface area contributed by atoms with Gasteiger partial charge in [0, 0.05) is 43.2 Å². The molecule has 3 rings (SSSR count). The Balaban J connectivity index is 1.70. The third-order valence-electron chi connectivity index (χ3n) is 5.09. The molecule has 0 saturated heterocycles. The zero-order valence-electron chi connectivity index (χ0n) is 17.7. The van der Waals surface area contributed by atoms with Gasteiger partial charge in [-0.15, -0.1) is 0 Å². The van der Waals surface area contributed by atoms with Crippen molar-refractivity contribution >= 4 is 17.7 Å². The molecule has 0 aliphatic heterocycles. The van der Waals surface area contributed by atoms with E-state index in [1.165, 1.54) is 17.7 Å². The first-order valence-electron chi connectivity index (χ1n) is 10.5. The first-order valence-corrected chi connectivity index (χ1v) is 10.5. The number of non-ortho nitro benzene ring substituents is 1. The highest BCUT2D eigenvalue weighted by atomic mass is 16.6. The Morgan fingerprint density at radius 2 is 1.81 bits per heavy atom. The van der Waals surface area contributed by atoms with E-state index in [1.54, 1.807) is 24.3 Å². The number of nitrogens with zero attached hydrogens (tertiary/aromatic N) is 3. The van der Waals surface area contributed by atoms with Gasteiger partial charge in [-0.3, -0.25) is 14.9 Å². The topological polar surface area (TPSA) is 68.4 Å². The lowest BCUT2D eigenvalue weighted by molar-refractivity contribution is -0.384. The molecule has 1 amide bonds. The van der Waals surface area contributed by atoms with Crippen LogP contribution in [0.3, 0.4) is 0 Å². The summed E-state index contributed by atoms with van der Waals surface area (Å²) >= 11 is 0. The molecule has 2 aromatic carbocycles. The normalized spacial score (nSPS) is 11.0. The van der Waals surface area contributed by atoms with Crippen molar-refractivity contribution in [1.82, 2.24) is 9.47 Å². The summed E-state index contributed by atoms with van der Waals surface area (Å²) in [5, 5.41) is 10.8. The first kappa shape index (κ1) is 22.0. The van der Waals surface area contributed by atoms with Crippen molar-refractivity contribution in [3.05, 3.63) is 106 Å². The molecule has 1 aromatic heterocycles. The molecule has 0 spiro atoms. The van der Waals surface area contributed by atoms with Crippen molar-refractivity contribution in [2.45, 2.75) is 32.9 Å². The van der Waals surface area contributed by atoms with Crippen LogP contribution in [0, 0.1) is 10.1 Å². The Morgan fingerprint density at radius 1 is 1.06 bits per heavy atom. The van der Waals surface area contributed by atoms with Gasteiger partial charge < -0.3 is 9.47 Å². The van der Waals surface area contributed by atoms with Crippen LogP contribution in [0.4, 0.5) is 5.69 Å². The largest absolute Gasteiger partial charge is 0.345 e. The Morgan fingerprint density at radius 3 is 2.48 bits per heavy atom. The van der Waals surface area contributed by atoms with Gasteiger partial charge in [-0.05, 0) is 47.9 Å². The Kier molecular flexibility index (Phi) is 7.76. The fraction of sp³-hybridized carbons (Fsp3) is 0.240. The summed E-state index contributed by atoms with van der Waals surface area (Å²) in [5.74, 6) is -0.0701. The van der Waals surface area contributed by atoms with E-state index in [0.29, 0.717) is 13.1 Å². The standard InChI is InChI=1S/C25H27N3O3/c1-2-3-17-27(25(29)16-13-21-11-14-23(15-12-21)28(30)31)20-24-10-7-18-26(24)19-22-8-5-4-6-9-22/h4-16,18H,2-3,17,19-20H2,1H3/b16-13+. The molecule has 0 atom stereocenters. The average Bonchev–Trinajstić information content (AvgIpc) is 3.22. The number of amides is 1. The number of rotatable bonds is 10. The molecular weight excluding hydrogens is 390 g/mol. The molecule has 3 aromatic rings. The minimum Gasteiger partial charge on any atom is -0.345 e. The zero-order valence-corrected chi connectivity index (χ0v) is 17.7. The summed E-state index contributed by atoms with van der Waals surface area (Å²) in [6, 6.07) is 20.5. The van der Waals surface area contributed by atoms with E-state index in [1.807, 2.05) is 35.4 Å². The number of aromatic nitrogens is 1. The summed E-state index contributed by atoms with van der Waals surface area (Å²) < 4.78 is 2.17. The molecule has 0 fully saturated rings. The van der Waals surface area contributed by atoms with Crippen molar-refractivity contribution in [2.24, 2.45) is 0 Å². The van der Waals surface area contributed by atoms with Gasteiger partial charge in [-0.25, -0.2) is 0 Å². The quantitative estimate of drug-likeness (QED) is 0.256. The number of hydrogen-bond acceptors (Lipinski definition) is 3. The Labute approximate surface area is 182 Å². The van der Waals surface area contributed by atoms with Crippen LogP contribution in [-0.2, 0) is 17.9 Å². The molecule has 160 valence electrons. The van der Waals surface area contributed by atoms with Gasteiger partial charge in [0.25, 0.3) is 5.69 Å². The second-order valence-electron chi connectivity index (χ2n) is 7.41. The van der Waals surface area contributed by atoms with Gasteiger partial charge in [-0.2, -0.15) is 0 Å². The van der Waals surface area contributed by atoms with Crippen molar-refractivity contribution in [3.8, 4) is 0 Å². The van der Waals surface area contributed by atoms with Crippen LogP contribution in [0.5, 0.6) is 0 Å². The molecule has 0 bridgehead atoms. The maximum atomic E-state index is 12.9. The molecule has 1 heterocycles. The second-order valence-corrected chi connectivity index (χ2v) is 7.41. The van der Waals surface area contributed by atoms with Crippen LogP contribution in [-0.4, -0.2) is 26.8 Å². The van der Waals surface area contributed by atoms with E-state index in [-0.39, 0.29) is 11.6 Å². The van der Waals surface area contributed by atoms with Gasteiger partial charge >= 0.3 is 0 Å². The number of carbonyl (C=O) groups excluding carboxylic acids is 1. The van der Waals surface area contributed by atoms with E-state index in [0.717, 1.165) is 30.6 Å². The summed E-state index contributed by atoms with van der Waals surface area (Å²) in [6.07, 6.45) is 7.21. The highest BCUT2D eigenvalue weighted by Gasteiger charge is 2.13. The third-order valence-corrected chi connectivity index (χ3v) is 5.09. The SMILES string of the molecule is CCCCN(Cc1cccn1Cc1ccccc1)C(=O)/C=C/c1ccc([N+](=O)[O-])cc1. The van der Waals surface area contributed by atoms with E-state index >= 15 is 0 Å². The van der Waals surface area contributed by atoms with Gasteiger partial charge in [0.2, 0.25) is 5.91 Å². The van der Waals surface area contributed by atoms with Crippen molar-refractivity contribution < 1.29 is 9.72 Å². The molecule has 6 heteroatoms. The second kappa shape index (κ2) is 10.9. The minimum atomic E-state index is -0.435. The Hall–Kier alpha value is -3.67. The van der Waals surface area contributed by atoms with Crippen molar-refractivity contribution in [3.63, 3.8) is 0 Å². The van der Waals surface area contributed by atoms with E-state index in [4.69, 9.17) is 0 Å².